The smallest absolute Gasteiger partial charge is 0.259 e. The van der Waals surface area contributed by atoms with E-state index in [0.717, 1.165) is 22.3 Å². The molecule has 39 heteroatoms. The summed E-state index contributed by atoms with van der Waals surface area (Å²) in [5, 5.41) is 12.1. The summed E-state index contributed by atoms with van der Waals surface area (Å²) in [5.74, 6) is 0.0998. The van der Waals surface area contributed by atoms with Gasteiger partial charge >= 0.3 is 0 Å². The number of nitrogens with one attached hydrogen (secondary N) is 4. The maximum atomic E-state index is 14.6. The Bertz CT molecular complexity index is 4430. The quantitative estimate of drug-likeness (QED) is 0.00663. The van der Waals surface area contributed by atoms with Crippen LogP contribution in [-0.4, -0.2) is 154 Å². The van der Waals surface area contributed by atoms with Gasteiger partial charge in [0.2, 0.25) is 0 Å². The lowest BCUT2D eigenvalue weighted by atomic mass is 9.86. The topological polar surface area (TPSA) is 673 Å². The van der Waals surface area contributed by atoms with E-state index in [1.807, 2.05) is 90.1 Å². The number of nitrogens with zero attached hydrogens (tertiary/aromatic N) is 7. The number of benzene rings is 6. The van der Waals surface area contributed by atoms with Crippen molar-refractivity contribution in [3.63, 3.8) is 0 Å². The molecular formula is C78H118N28O7S4. The third-order valence-electron chi connectivity index (χ3n) is 16.5. The number of hydrogen-bond donors (Lipinski definition) is 21. The number of aliphatic imine (C=N–C) groups is 7. The molecule has 636 valence electrons. The van der Waals surface area contributed by atoms with Gasteiger partial charge in [-0.25, -0.2) is 0 Å². The Hall–Kier alpha value is -11.7. The van der Waals surface area contributed by atoms with E-state index in [0.29, 0.717) is 120 Å². The highest BCUT2D eigenvalue weighted by Gasteiger charge is 2.29. The zero-order chi connectivity index (χ0) is 87.4. The van der Waals surface area contributed by atoms with Crippen LogP contribution in [0.2, 0.25) is 0 Å². The van der Waals surface area contributed by atoms with Crippen LogP contribution in [0.1, 0.15) is 154 Å². The predicted octanol–water partition coefficient (Wildman–Crippen LogP) is 6.42. The molecule has 35 nitrogen and oxygen atoms in total. The van der Waals surface area contributed by atoms with Crippen molar-refractivity contribution < 1.29 is 33.4 Å². The van der Waals surface area contributed by atoms with E-state index >= 15 is 0 Å². The Labute approximate surface area is 701 Å². The first-order valence-corrected chi connectivity index (χ1v) is 40.9. The van der Waals surface area contributed by atoms with Crippen LogP contribution in [0.25, 0.3) is 0 Å². The molecule has 0 saturated carbocycles. The minimum absolute atomic E-state index is 0.0157. The first-order valence-electron chi connectivity index (χ1n) is 37.0. The lowest BCUT2D eigenvalue weighted by Gasteiger charge is -2.24. The van der Waals surface area contributed by atoms with Gasteiger partial charge in [0.05, 0.1) is 105 Å². The van der Waals surface area contributed by atoms with Crippen LogP contribution < -0.4 is 133 Å². The molecule has 38 N–H and O–H groups in total. The van der Waals surface area contributed by atoms with E-state index in [2.05, 4.69) is 97.8 Å². The highest BCUT2D eigenvalue weighted by molar-refractivity contribution is 8.00. The molecule has 0 atom stereocenters. The standard InChI is InChI=1S/C40H62N16O4S2.C38H56N12O3S2/c1-39(2,3)21-15-25(41)31(61-13-9-53-37(47)48)27(17-21)55-33(57)23-19-24(30(60-12-8-52-36(45)46)20-29(23)59-11-7-51-35(43)44)34(58)56-28-18-22(40(4,5)6)16-26(42)32(28)62-14-10-54-38(49)50;1-21(39)46-9-12-54-31-27(40)17-24(37(2,3)4)19-29(31)49-33(51)22-14-23(16-26(15-22)53-11-8-47-35(42)43)34(52)50-30-20-25(38(5,6)7)18-28(41)32(30)55-13-10-48-36(44)45/h15-20H,7-14,41-42H2,1-6H3,(H,55,57)(H,56,58)(H4,43,44,51)(H4,45,46,52)(H4,47,48,53)(H4,49,50,54);14-20H,8-13,40-41H2,1-7H3,(H2,39,46)(H,49,51)(H,50,52)(H4,42,43,47)(H4,44,45,48). The number of nitrogen functional groups attached to an aromatic ring is 4. The fraction of sp³-hybridized carbons (Fsp3) is 0.397. The van der Waals surface area contributed by atoms with Gasteiger partial charge in [0.15, 0.2) is 35.8 Å². The molecule has 4 amide bonds. The summed E-state index contributed by atoms with van der Waals surface area (Å²) in [6, 6.07) is 22.5. The molecule has 6 aromatic rings. The summed E-state index contributed by atoms with van der Waals surface area (Å²) in [6.45, 7) is 27.9. The molecule has 6 rings (SSSR count). The third-order valence-corrected chi connectivity index (χ3v) is 21.0. The van der Waals surface area contributed by atoms with Gasteiger partial charge in [0.25, 0.3) is 23.6 Å². The third kappa shape index (κ3) is 31.8. The molecule has 0 radical (unpaired) electrons. The molecule has 0 bridgehead atoms. The fourth-order valence-electron chi connectivity index (χ4n) is 10.6. The molecule has 117 heavy (non-hydrogen) atoms. The summed E-state index contributed by atoms with van der Waals surface area (Å²) >= 11 is 5.59. The van der Waals surface area contributed by atoms with Crippen LogP contribution in [-0.2, 0) is 21.7 Å². The number of carbonyl (C=O) groups excluding carboxylic acids is 4. The summed E-state index contributed by atoms with van der Waals surface area (Å²) in [5.41, 5.74) is 105. The number of amidine groups is 1. The van der Waals surface area contributed by atoms with Crippen LogP contribution in [0.3, 0.4) is 0 Å². The SMILES string of the molecule is CC(C)(C)c1cc(N)c(SCCN=C(N)N)c(NC(=O)c2cc(C(=O)Nc3cc(C(C)(C)C)cc(N)c3SCCN=C(N)N)c(OCCN=C(N)N)cc2OCCN=C(N)N)c1.CC(N)=NCCSc1c(N)cc(C(C)(C)C)cc1NC(=O)c1cc(OCCN=C(N)N)cc(C(=O)Nc2cc(C(C)(C)C)cc(N)c2SCCN=C(N)N)c1. The number of hydrogen-bond acceptors (Lipinski definition) is 22. The number of ether oxygens (including phenoxy) is 3. The predicted molar refractivity (Wildman–Crippen MR) is 489 cm³/mol. The van der Waals surface area contributed by atoms with Crippen molar-refractivity contribution in [3.8, 4) is 17.2 Å². The first kappa shape index (κ1) is 95.9. The van der Waals surface area contributed by atoms with Crippen LogP contribution in [0.5, 0.6) is 17.2 Å². The van der Waals surface area contributed by atoms with Gasteiger partial charge in [0.1, 0.15) is 37.1 Å². The van der Waals surface area contributed by atoms with Gasteiger partial charge in [-0.05, 0) is 124 Å². The van der Waals surface area contributed by atoms with E-state index in [1.165, 1.54) is 65.2 Å². The first-order chi connectivity index (χ1) is 54.6. The number of anilines is 8. The molecule has 0 unspecified atom stereocenters. The lowest BCUT2D eigenvalue weighted by molar-refractivity contribution is 0.100. The fourth-order valence-corrected chi connectivity index (χ4v) is 14.1. The van der Waals surface area contributed by atoms with Gasteiger partial charge in [-0.2, -0.15) is 0 Å². The van der Waals surface area contributed by atoms with Crippen molar-refractivity contribution in [2.45, 2.75) is 131 Å². The average molecular weight is 1690 g/mol. The Morgan fingerprint density at radius 1 is 0.316 bits per heavy atom. The monoisotopic (exact) mass is 1690 g/mol. The number of carbonyl (C=O) groups is 4. The minimum atomic E-state index is -0.630. The Balaban J connectivity index is 0.000000420. The van der Waals surface area contributed by atoms with Crippen LogP contribution in [0.4, 0.5) is 45.5 Å². The van der Waals surface area contributed by atoms with Crippen molar-refractivity contribution in [2.24, 2.45) is 109 Å². The molecule has 6 aromatic carbocycles. The minimum Gasteiger partial charge on any atom is -0.492 e. The van der Waals surface area contributed by atoms with Crippen molar-refractivity contribution in [1.82, 2.24) is 0 Å². The van der Waals surface area contributed by atoms with Crippen molar-refractivity contribution in [1.29, 1.82) is 0 Å². The molecule has 0 aromatic heterocycles. The van der Waals surface area contributed by atoms with Crippen LogP contribution in [0.15, 0.2) is 133 Å². The molecule has 0 heterocycles. The summed E-state index contributed by atoms with van der Waals surface area (Å²) in [4.78, 5) is 88.4. The van der Waals surface area contributed by atoms with Gasteiger partial charge in [-0.15, -0.1) is 47.0 Å². The van der Waals surface area contributed by atoms with Crippen LogP contribution in [0, 0.1) is 0 Å². The van der Waals surface area contributed by atoms with Gasteiger partial charge in [-0.1, -0.05) is 83.1 Å². The molecule has 0 saturated heterocycles. The molecular weight excluding hydrogens is 1570 g/mol. The summed E-state index contributed by atoms with van der Waals surface area (Å²) < 4.78 is 18.1. The zero-order valence-corrected chi connectivity index (χ0v) is 72.1. The number of guanidine groups is 6. The lowest BCUT2D eigenvalue weighted by Crippen LogP contribution is -2.24. The highest BCUT2D eigenvalue weighted by Crippen LogP contribution is 2.44. The zero-order valence-electron chi connectivity index (χ0n) is 68.8. The second-order valence-electron chi connectivity index (χ2n) is 30.5. The van der Waals surface area contributed by atoms with Gasteiger partial charge in [0, 0.05) is 63.0 Å². The van der Waals surface area contributed by atoms with Gasteiger partial charge < -0.3 is 133 Å². The van der Waals surface area contributed by atoms with E-state index in [9.17, 15) is 19.2 Å². The van der Waals surface area contributed by atoms with E-state index in [1.54, 1.807) is 19.1 Å². The average Bonchev–Trinajstić information content (AvgIpc) is 0.796. The second kappa shape index (κ2) is 43.9. The Kier molecular flexibility index (Phi) is 35.9. The number of nitrogens with two attached hydrogens (primary N) is 17. The van der Waals surface area contributed by atoms with Crippen LogP contribution >= 0.6 is 47.0 Å². The number of amides is 4. The Morgan fingerprint density at radius 3 is 0.821 bits per heavy atom. The molecule has 0 spiro atoms. The van der Waals surface area contributed by atoms with E-state index < -0.39 is 23.6 Å². The molecule has 0 fully saturated rings. The van der Waals surface area contributed by atoms with E-state index in [4.69, 9.17) is 112 Å². The Morgan fingerprint density at radius 2 is 0.564 bits per heavy atom. The molecule has 0 aliphatic heterocycles. The van der Waals surface area contributed by atoms with E-state index in [-0.39, 0.29) is 136 Å². The number of rotatable bonds is 36. The maximum Gasteiger partial charge on any atom is 0.259 e. The van der Waals surface area contributed by atoms with Crippen molar-refractivity contribution in [2.75, 3.05) is 133 Å². The normalized spacial score (nSPS) is 11.5. The molecule has 0 aliphatic rings. The van der Waals surface area contributed by atoms with Crippen molar-refractivity contribution >= 4 is 158 Å². The second-order valence-corrected chi connectivity index (χ2v) is 34.9. The molecule has 0 aliphatic carbocycles. The maximum absolute atomic E-state index is 14.6. The van der Waals surface area contributed by atoms with Crippen molar-refractivity contribution in [3.05, 3.63) is 123 Å². The van der Waals surface area contributed by atoms with Gasteiger partial charge in [-0.3, -0.25) is 54.1 Å². The summed E-state index contributed by atoms with van der Waals surface area (Å²) in [6.07, 6.45) is 0. The number of thioether (sulfide) groups is 4. The highest BCUT2D eigenvalue weighted by atomic mass is 32.2. The largest absolute Gasteiger partial charge is 0.492 e. The summed E-state index contributed by atoms with van der Waals surface area (Å²) in [7, 11) is 0.